The van der Waals surface area contributed by atoms with E-state index in [1.54, 1.807) is 31.2 Å². The van der Waals surface area contributed by atoms with E-state index in [1.807, 2.05) is 25.1 Å². The van der Waals surface area contributed by atoms with Gasteiger partial charge in [0.15, 0.2) is 0 Å². The minimum absolute atomic E-state index is 0.339. The molecular formula is C18H16ClFN4. The van der Waals surface area contributed by atoms with Crippen molar-refractivity contribution >= 4 is 34.6 Å². The van der Waals surface area contributed by atoms with Crippen molar-refractivity contribution in [1.29, 1.82) is 0 Å². The molecule has 0 aliphatic rings. The lowest BCUT2D eigenvalue weighted by atomic mass is 10.2. The first kappa shape index (κ1) is 16.2. The summed E-state index contributed by atoms with van der Waals surface area (Å²) in [6, 6.07) is 13.8. The molecule has 0 bridgehead atoms. The number of aryl methyl sites for hydroxylation is 2. The maximum Gasteiger partial charge on any atom is 0.146 e. The monoisotopic (exact) mass is 342 g/mol. The van der Waals surface area contributed by atoms with Gasteiger partial charge in [0.1, 0.15) is 23.3 Å². The molecule has 0 saturated heterocycles. The molecule has 0 aliphatic heterocycles. The first-order valence-corrected chi connectivity index (χ1v) is 7.79. The van der Waals surface area contributed by atoms with Crippen molar-refractivity contribution in [1.82, 2.24) is 9.97 Å². The summed E-state index contributed by atoms with van der Waals surface area (Å²) in [6.07, 6.45) is 0. The van der Waals surface area contributed by atoms with Gasteiger partial charge in [-0.2, -0.15) is 0 Å². The van der Waals surface area contributed by atoms with Crippen LogP contribution in [0.15, 0.2) is 48.5 Å². The van der Waals surface area contributed by atoms with Gasteiger partial charge in [-0.1, -0.05) is 29.8 Å². The second-order valence-electron chi connectivity index (χ2n) is 5.37. The van der Waals surface area contributed by atoms with E-state index in [-0.39, 0.29) is 5.82 Å². The summed E-state index contributed by atoms with van der Waals surface area (Å²) in [4.78, 5) is 8.66. The van der Waals surface area contributed by atoms with Crippen LogP contribution in [0.2, 0.25) is 5.02 Å². The third-order valence-corrected chi connectivity index (χ3v) is 3.67. The molecule has 0 aliphatic carbocycles. The molecule has 0 spiro atoms. The Bertz CT molecular complexity index is 883. The second-order valence-corrected chi connectivity index (χ2v) is 5.81. The van der Waals surface area contributed by atoms with Gasteiger partial charge in [-0.05, 0) is 43.7 Å². The quantitative estimate of drug-likeness (QED) is 0.669. The van der Waals surface area contributed by atoms with E-state index in [1.165, 1.54) is 6.07 Å². The number of aromatic nitrogens is 2. The highest BCUT2D eigenvalue weighted by molar-refractivity contribution is 6.30. The summed E-state index contributed by atoms with van der Waals surface area (Å²) in [5.74, 6) is 1.34. The Kier molecular flexibility index (Phi) is 4.62. The van der Waals surface area contributed by atoms with Gasteiger partial charge < -0.3 is 10.6 Å². The minimum atomic E-state index is -0.339. The Morgan fingerprint density at radius 1 is 0.875 bits per heavy atom. The molecule has 2 N–H and O–H groups in total. The minimum Gasteiger partial charge on any atom is -0.340 e. The third kappa shape index (κ3) is 3.81. The van der Waals surface area contributed by atoms with Crippen LogP contribution in [0, 0.1) is 19.7 Å². The Morgan fingerprint density at radius 3 is 2.25 bits per heavy atom. The SMILES string of the molecule is Cc1nc(Nc2cc(Cl)ccc2C)cc(Nc2ccccc2F)n1. The molecular weight excluding hydrogens is 327 g/mol. The van der Waals surface area contributed by atoms with E-state index in [0.29, 0.717) is 28.2 Å². The zero-order valence-electron chi connectivity index (χ0n) is 13.3. The predicted octanol–water partition coefficient (Wildman–Crippen LogP) is 5.37. The molecule has 0 radical (unpaired) electrons. The molecule has 122 valence electrons. The average Bonchev–Trinajstić information content (AvgIpc) is 2.53. The van der Waals surface area contributed by atoms with Crippen LogP contribution in [0.1, 0.15) is 11.4 Å². The number of halogens is 2. The maximum absolute atomic E-state index is 13.8. The molecule has 0 atom stereocenters. The summed E-state index contributed by atoms with van der Waals surface area (Å²) in [5, 5.41) is 6.84. The number of rotatable bonds is 4. The number of hydrogen-bond donors (Lipinski definition) is 2. The van der Waals surface area contributed by atoms with Gasteiger partial charge in [0.25, 0.3) is 0 Å². The Balaban J connectivity index is 1.89. The van der Waals surface area contributed by atoms with Gasteiger partial charge in [-0.25, -0.2) is 14.4 Å². The number of benzene rings is 2. The lowest BCUT2D eigenvalue weighted by molar-refractivity contribution is 0.632. The number of nitrogens with one attached hydrogen (secondary N) is 2. The van der Waals surface area contributed by atoms with E-state index in [0.717, 1.165) is 11.3 Å². The van der Waals surface area contributed by atoms with Crippen molar-refractivity contribution in [3.63, 3.8) is 0 Å². The molecule has 24 heavy (non-hydrogen) atoms. The lowest BCUT2D eigenvalue weighted by Crippen LogP contribution is -2.03. The molecule has 0 saturated carbocycles. The Labute approximate surface area is 144 Å². The molecule has 4 nitrogen and oxygen atoms in total. The molecule has 3 aromatic rings. The average molecular weight is 343 g/mol. The Hall–Kier alpha value is -2.66. The first-order chi connectivity index (χ1) is 11.5. The van der Waals surface area contributed by atoms with Crippen LogP contribution in [-0.2, 0) is 0 Å². The zero-order chi connectivity index (χ0) is 17.1. The van der Waals surface area contributed by atoms with Crippen LogP contribution in [0.4, 0.5) is 27.4 Å². The second kappa shape index (κ2) is 6.84. The van der Waals surface area contributed by atoms with Gasteiger partial charge in [0, 0.05) is 16.8 Å². The van der Waals surface area contributed by atoms with Crippen LogP contribution in [0.3, 0.4) is 0 Å². The largest absolute Gasteiger partial charge is 0.340 e. The molecule has 2 aromatic carbocycles. The summed E-state index contributed by atoms with van der Waals surface area (Å²) in [6.45, 7) is 3.76. The van der Waals surface area contributed by atoms with Gasteiger partial charge in [0.05, 0.1) is 5.69 Å². The van der Waals surface area contributed by atoms with Gasteiger partial charge in [0.2, 0.25) is 0 Å². The summed E-state index contributed by atoms with van der Waals surface area (Å²) < 4.78 is 13.8. The molecule has 3 rings (SSSR count). The molecule has 0 fully saturated rings. The van der Waals surface area contributed by atoms with Crippen LogP contribution < -0.4 is 10.6 Å². The van der Waals surface area contributed by atoms with Crippen LogP contribution in [0.5, 0.6) is 0 Å². The molecule has 0 unspecified atom stereocenters. The third-order valence-electron chi connectivity index (χ3n) is 3.44. The van der Waals surface area contributed by atoms with Crippen molar-refractivity contribution in [2.75, 3.05) is 10.6 Å². The standard InChI is InChI=1S/C18H16ClFN4/c1-11-7-8-13(19)9-16(11)24-18-10-17(21-12(2)22-18)23-15-6-4-3-5-14(15)20/h3-10H,1-2H3,(H2,21,22,23,24). The molecule has 6 heteroatoms. The fourth-order valence-corrected chi connectivity index (χ4v) is 2.44. The van der Waals surface area contributed by atoms with Gasteiger partial charge in [-0.3, -0.25) is 0 Å². The van der Waals surface area contributed by atoms with Crippen molar-refractivity contribution in [2.45, 2.75) is 13.8 Å². The van der Waals surface area contributed by atoms with Crippen molar-refractivity contribution < 1.29 is 4.39 Å². The summed E-state index contributed by atoms with van der Waals surface area (Å²) in [5.41, 5.74) is 2.26. The number of para-hydroxylation sites is 1. The van der Waals surface area contributed by atoms with Crippen LogP contribution in [-0.4, -0.2) is 9.97 Å². The van der Waals surface area contributed by atoms with Gasteiger partial charge >= 0.3 is 0 Å². The molecule has 1 aromatic heterocycles. The van der Waals surface area contributed by atoms with Crippen LogP contribution in [0.25, 0.3) is 0 Å². The van der Waals surface area contributed by atoms with E-state index in [2.05, 4.69) is 20.6 Å². The van der Waals surface area contributed by atoms with Crippen molar-refractivity contribution in [2.24, 2.45) is 0 Å². The van der Waals surface area contributed by atoms with Crippen LogP contribution >= 0.6 is 11.6 Å². The topological polar surface area (TPSA) is 49.8 Å². The van der Waals surface area contributed by atoms with E-state index in [9.17, 15) is 4.39 Å². The van der Waals surface area contributed by atoms with E-state index < -0.39 is 0 Å². The highest BCUT2D eigenvalue weighted by Gasteiger charge is 2.07. The first-order valence-electron chi connectivity index (χ1n) is 7.42. The zero-order valence-corrected chi connectivity index (χ0v) is 14.0. The predicted molar refractivity (Wildman–Crippen MR) is 95.9 cm³/mol. The van der Waals surface area contributed by atoms with Gasteiger partial charge in [-0.15, -0.1) is 0 Å². The Morgan fingerprint density at radius 2 is 1.54 bits per heavy atom. The smallest absolute Gasteiger partial charge is 0.146 e. The molecule has 1 heterocycles. The van der Waals surface area contributed by atoms with Crippen molar-refractivity contribution in [3.8, 4) is 0 Å². The number of anilines is 4. The highest BCUT2D eigenvalue weighted by atomic mass is 35.5. The maximum atomic E-state index is 13.8. The number of nitrogens with zero attached hydrogens (tertiary/aromatic N) is 2. The summed E-state index contributed by atoms with van der Waals surface area (Å²) >= 11 is 6.04. The van der Waals surface area contributed by atoms with E-state index in [4.69, 9.17) is 11.6 Å². The van der Waals surface area contributed by atoms with E-state index >= 15 is 0 Å². The highest BCUT2D eigenvalue weighted by Crippen LogP contribution is 2.25. The lowest BCUT2D eigenvalue weighted by Gasteiger charge is -2.12. The summed E-state index contributed by atoms with van der Waals surface area (Å²) in [7, 11) is 0. The number of hydrogen-bond acceptors (Lipinski definition) is 4. The normalized spacial score (nSPS) is 10.5. The van der Waals surface area contributed by atoms with Crippen molar-refractivity contribution in [3.05, 3.63) is 70.8 Å². The fourth-order valence-electron chi connectivity index (χ4n) is 2.26. The fraction of sp³-hybridized carbons (Fsp3) is 0.111. The molecule has 0 amide bonds.